The van der Waals surface area contributed by atoms with Crippen LogP contribution in [0, 0.1) is 0 Å². The number of rotatable bonds is 2. The van der Waals surface area contributed by atoms with Crippen LogP contribution < -0.4 is 17.0 Å². The van der Waals surface area contributed by atoms with Gasteiger partial charge >= 0.3 is 0 Å². The van der Waals surface area contributed by atoms with Crippen LogP contribution in [0.3, 0.4) is 0 Å². The van der Waals surface area contributed by atoms with Crippen molar-refractivity contribution in [1.82, 2.24) is 5.43 Å². The van der Waals surface area contributed by atoms with Crippen molar-refractivity contribution in [3.8, 4) is 0 Å². The number of thioether (sulfide) groups is 1. The Kier molecular flexibility index (Phi) is 3.51. The van der Waals surface area contributed by atoms with Gasteiger partial charge in [0.25, 0.3) is 0 Å². The molecule has 5 N–H and O–H groups in total. The first-order valence-corrected chi connectivity index (χ1v) is 4.76. The summed E-state index contributed by atoms with van der Waals surface area (Å²) in [4.78, 5) is 4.06. The van der Waals surface area contributed by atoms with E-state index in [1.165, 1.54) is 18.6 Å². The van der Waals surface area contributed by atoms with E-state index in [-0.39, 0.29) is 0 Å². The fraction of sp³-hybridized carbons (Fsp3) is 0.833. The normalized spacial score (nSPS) is 25.5. The summed E-state index contributed by atoms with van der Waals surface area (Å²) in [6, 6.07) is 0. The monoisotopic (exact) mass is 174 g/mol. The number of nitrogens with zero attached hydrogens (tertiary/aromatic N) is 1. The third-order valence-electron chi connectivity index (χ3n) is 1.64. The molecule has 1 unspecified atom stereocenters. The van der Waals surface area contributed by atoms with E-state index in [1.54, 1.807) is 0 Å². The predicted octanol–water partition coefficient (Wildman–Crippen LogP) is -0.340. The van der Waals surface area contributed by atoms with Crippen LogP contribution in [0.25, 0.3) is 0 Å². The molecule has 1 aliphatic rings. The molecule has 4 nitrogen and oxygen atoms in total. The SMILES string of the molecule is NNC(N)=NCC1CCCS1. The molecule has 1 heterocycles. The number of hydrogen-bond donors (Lipinski definition) is 3. The molecule has 11 heavy (non-hydrogen) atoms. The molecule has 1 fully saturated rings. The van der Waals surface area contributed by atoms with E-state index in [1.807, 2.05) is 11.8 Å². The molecule has 0 aromatic rings. The highest BCUT2D eigenvalue weighted by Gasteiger charge is 2.14. The van der Waals surface area contributed by atoms with Crippen LogP contribution in [-0.2, 0) is 0 Å². The van der Waals surface area contributed by atoms with Crippen LogP contribution in [-0.4, -0.2) is 23.5 Å². The summed E-state index contributed by atoms with van der Waals surface area (Å²) in [5.41, 5.74) is 7.66. The van der Waals surface area contributed by atoms with E-state index in [9.17, 15) is 0 Å². The van der Waals surface area contributed by atoms with Crippen LogP contribution in [0.5, 0.6) is 0 Å². The van der Waals surface area contributed by atoms with Crippen molar-refractivity contribution in [2.75, 3.05) is 12.3 Å². The molecule has 0 aromatic heterocycles. The van der Waals surface area contributed by atoms with Gasteiger partial charge in [0.1, 0.15) is 0 Å². The van der Waals surface area contributed by atoms with Gasteiger partial charge in [-0.15, -0.1) is 0 Å². The lowest BCUT2D eigenvalue weighted by molar-refractivity contribution is 0.782. The molecule has 0 spiro atoms. The molecule has 64 valence electrons. The smallest absolute Gasteiger partial charge is 0.203 e. The van der Waals surface area contributed by atoms with Crippen LogP contribution in [0.2, 0.25) is 0 Å². The number of hydrazine groups is 1. The van der Waals surface area contributed by atoms with Gasteiger partial charge < -0.3 is 5.73 Å². The topological polar surface area (TPSA) is 76.4 Å². The van der Waals surface area contributed by atoms with Crippen molar-refractivity contribution in [2.24, 2.45) is 16.6 Å². The van der Waals surface area contributed by atoms with Crippen molar-refractivity contribution in [2.45, 2.75) is 18.1 Å². The van der Waals surface area contributed by atoms with Gasteiger partial charge in [0, 0.05) is 5.25 Å². The van der Waals surface area contributed by atoms with Gasteiger partial charge in [0.2, 0.25) is 5.96 Å². The van der Waals surface area contributed by atoms with Gasteiger partial charge in [-0.05, 0) is 18.6 Å². The summed E-state index contributed by atoms with van der Waals surface area (Å²) >= 11 is 1.96. The summed E-state index contributed by atoms with van der Waals surface area (Å²) < 4.78 is 0. The molecular formula is C6H14N4S. The standard InChI is InChI=1S/C6H14N4S/c7-6(10-8)9-4-5-2-1-3-11-5/h5H,1-4,8H2,(H3,7,9,10). The zero-order valence-corrected chi connectivity index (χ0v) is 7.23. The van der Waals surface area contributed by atoms with Crippen molar-refractivity contribution < 1.29 is 0 Å². The largest absolute Gasteiger partial charge is 0.369 e. The summed E-state index contributed by atoms with van der Waals surface area (Å²) in [7, 11) is 0. The highest BCUT2D eigenvalue weighted by Crippen LogP contribution is 2.25. The minimum atomic E-state index is 0.331. The first-order chi connectivity index (χ1) is 5.33. The molecule has 0 bridgehead atoms. The van der Waals surface area contributed by atoms with Crippen LogP contribution in [0.1, 0.15) is 12.8 Å². The van der Waals surface area contributed by atoms with E-state index in [4.69, 9.17) is 11.6 Å². The third kappa shape index (κ3) is 2.98. The Morgan fingerprint density at radius 2 is 2.55 bits per heavy atom. The highest BCUT2D eigenvalue weighted by molar-refractivity contribution is 8.00. The lowest BCUT2D eigenvalue weighted by Crippen LogP contribution is -2.37. The Labute approximate surface area is 70.8 Å². The summed E-state index contributed by atoms with van der Waals surface area (Å²) in [6.45, 7) is 0.792. The molecule has 0 saturated carbocycles. The molecule has 0 aromatic carbocycles. The van der Waals surface area contributed by atoms with Gasteiger partial charge in [0.05, 0.1) is 6.54 Å². The molecule has 0 amide bonds. The molecule has 1 aliphatic heterocycles. The minimum Gasteiger partial charge on any atom is -0.369 e. The molecule has 0 aliphatic carbocycles. The van der Waals surface area contributed by atoms with Crippen molar-refractivity contribution in [3.05, 3.63) is 0 Å². The number of aliphatic imine (C=N–C) groups is 1. The average Bonchev–Trinajstić information content (AvgIpc) is 2.52. The second-order valence-electron chi connectivity index (χ2n) is 2.51. The van der Waals surface area contributed by atoms with Crippen molar-refractivity contribution in [1.29, 1.82) is 0 Å². The van der Waals surface area contributed by atoms with E-state index >= 15 is 0 Å². The fourth-order valence-corrected chi connectivity index (χ4v) is 2.21. The second-order valence-corrected chi connectivity index (χ2v) is 3.91. The lowest BCUT2D eigenvalue weighted by Gasteiger charge is -2.04. The van der Waals surface area contributed by atoms with Gasteiger partial charge in [-0.1, -0.05) is 0 Å². The number of nitrogens with one attached hydrogen (secondary N) is 1. The maximum Gasteiger partial charge on any atom is 0.203 e. The Balaban J connectivity index is 2.19. The number of nitrogens with two attached hydrogens (primary N) is 2. The maximum absolute atomic E-state index is 5.36. The first kappa shape index (κ1) is 8.67. The van der Waals surface area contributed by atoms with Crippen LogP contribution >= 0.6 is 11.8 Å². The Morgan fingerprint density at radius 3 is 3.09 bits per heavy atom. The van der Waals surface area contributed by atoms with E-state index in [2.05, 4.69) is 10.4 Å². The van der Waals surface area contributed by atoms with Gasteiger partial charge in [-0.25, -0.2) is 5.84 Å². The Hall–Kier alpha value is -0.420. The van der Waals surface area contributed by atoms with Gasteiger partial charge in [-0.3, -0.25) is 10.4 Å². The van der Waals surface area contributed by atoms with Crippen molar-refractivity contribution >= 4 is 17.7 Å². The Bertz CT molecular complexity index is 142. The van der Waals surface area contributed by atoms with E-state index in [0.717, 1.165) is 6.54 Å². The molecule has 5 heteroatoms. The van der Waals surface area contributed by atoms with Crippen molar-refractivity contribution in [3.63, 3.8) is 0 Å². The van der Waals surface area contributed by atoms with Crippen LogP contribution in [0.4, 0.5) is 0 Å². The summed E-state index contributed by atoms with van der Waals surface area (Å²) in [5.74, 6) is 6.64. The lowest BCUT2D eigenvalue weighted by atomic mass is 10.2. The summed E-state index contributed by atoms with van der Waals surface area (Å²) in [6.07, 6.45) is 2.56. The zero-order valence-electron chi connectivity index (χ0n) is 6.42. The van der Waals surface area contributed by atoms with Gasteiger partial charge in [0.15, 0.2) is 0 Å². The minimum absolute atomic E-state index is 0.331. The molecule has 1 rings (SSSR count). The number of guanidine groups is 1. The zero-order chi connectivity index (χ0) is 8.10. The molecule has 1 saturated heterocycles. The second kappa shape index (κ2) is 4.46. The maximum atomic E-state index is 5.36. The fourth-order valence-electron chi connectivity index (χ4n) is 1.03. The third-order valence-corrected chi connectivity index (χ3v) is 3.02. The summed E-state index contributed by atoms with van der Waals surface area (Å²) in [5, 5.41) is 0.655. The molecular weight excluding hydrogens is 160 g/mol. The molecule has 0 radical (unpaired) electrons. The van der Waals surface area contributed by atoms with Gasteiger partial charge in [-0.2, -0.15) is 11.8 Å². The highest BCUT2D eigenvalue weighted by atomic mass is 32.2. The predicted molar refractivity (Wildman–Crippen MR) is 49.3 cm³/mol. The number of hydrogen-bond acceptors (Lipinski definition) is 3. The average molecular weight is 174 g/mol. The Morgan fingerprint density at radius 1 is 1.73 bits per heavy atom. The van der Waals surface area contributed by atoms with Crippen LogP contribution in [0.15, 0.2) is 4.99 Å². The first-order valence-electron chi connectivity index (χ1n) is 3.71. The molecule has 1 atom stereocenters. The van der Waals surface area contributed by atoms with E-state index < -0.39 is 0 Å². The van der Waals surface area contributed by atoms with E-state index in [0.29, 0.717) is 11.2 Å². The quantitative estimate of drug-likeness (QED) is 0.232.